The summed E-state index contributed by atoms with van der Waals surface area (Å²) in [6.45, 7) is 1.27. The minimum Gasteiger partial charge on any atom is -0.486 e. The van der Waals surface area contributed by atoms with Crippen molar-refractivity contribution in [3.63, 3.8) is 0 Å². The van der Waals surface area contributed by atoms with Crippen molar-refractivity contribution in [1.82, 2.24) is 5.32 Å². The second-order valence-corrected chi connectivity index (χ2v) is 4.40. The Hall–Kier alpha value is -2.28. The van der Waals surface area contributed by atoms with Crippen LogP contribution in [0.3, 0.4) is 0 Å². The number of carboxylic acid groups (broad SMARTS) is 1. The molecule has 7 heteroatoms. The molecule has 1 aromatic carbocycles. The summed E-state index contributed by atoms with van der Waals surface area (Å²) in [5.41, 5.74) is 6.28. The molecule has 0 aromatic heterocycles. The Bertz CT molecular complexity index is 517. The average Bonchev–Trinajstić information content (AvgIpc) is 2.43. The van der Waals surface area contributed by atoms with Gasteiger partial charge >= 0.3 is 5.97 Å². The van der Waals surface area contributed by atoms with E-state index in [-0.39, 0.29) is 6.54 Å². The van der Waals surface area contributed by atoms with E-state index in [4.69, 9.17) is 20.3 Å². The Morgan fingerprint density at radius 2 is 2.00 bits per heavy atom. The lowest BCUT2D eigenvalue weighted by molar-refractivity contribution is -0.139. The van der Waals surface area contributed by atoms with Crippen LogP contribution in [0, 0.1) is 0 Å². The van der Waals surface area contributed by atoms with Crippen molar-refractivity contribution in [2.24, 2.45) is 5.73 Å². The van der Waals surface area contributed by atoms with Crippen LogP contribution in [0.15, 0.2) is 18.2 Å². The van der Waals surface area contributed by atoms with E-state index in [1.807, 2.05) is 0 Å². The van der Waals surface area contributed by atoms with Crippen LogP contribution in [0.25, 0.3) is 0 Å². The first-order valence-corrected chi connectivity index (χ1v) is 6.20. The van der Waals surface area contributed by atoms with Gasteiger partial charge in [-0.1, -0.05) is 6.07 Å². The van der Waals surface area contributed by atoms with Gasteiger partial charge in [0, 0.05) is 6.54 Å². The first kappa shape index (κ1) is 14.1. The molecule has 0 saturated carbocycles. The summed E-state index contributed by atoms with van der Waals surface area (Å²) in [5, 5.41) is 11.1. The van der Waals surface area contributed by atoms with E-state index in [9.17, 15) is 9.59 Å². The molecule has 20 heavy (non-hydrogen) atoms. The molecule has 0 fully saturated rings. The molecule has 0 bridgehead atoms. The third-order valence-corrected chi connectivity index (χ3v) is 2.80. The number of carbonyl (C=O) groups is 2. The number of benzene rings is 1. The highest BCUT2D eigenvalue weighted by Crippen LogP contribution is 2.30. The Balaban J connectivity index is 1.90. The first-order chi connectivity index (χ1) is 9.56. The maximum Gasteiger partial charge on any atom is 0.305 e. The predicted molar refractivity (Wildman–Crippen MR) is 69.5 cm³/mol. The molecular weight excluding hydrogens is 264 g/mol. The minimum absolute atomic E-state index is 0.253. The van der Waals surface area contributed by atoms with Crippen LogP contribution in [-0.2, 0) is 16.1 Å². The molecule has 0 saturated heterocycles. The van der Waals surface area contributed by atoms with Crippen LogP contribution in [0.1, 0.15) is 12.0 Å². The van der Waals surface area contributed by atoms with Gasteiger partial charge in [-0.15, -0.1) is 0 Å². The second-order valence-electron chi connectivity index (χ2n) is 4.40. The van der Waals surface area contributed by atoms with Gasteiger partial charge < -0.3 is 25.6 Å². The fraction of sp³-hybridized carbons (Fsp3) is 0.385. The molecule has 1 unspecified atom stereocenters. The normalized spacial score (nSPS) is 14.4. The molecule has 0 spiro atoms. The highest BCUT2D eigenvalue weighted by Gasteiger charge is 2.17. The Kier molecular flexibility index (Phi) is 4.41. The highest BCUT2D eigenvalue weighted by molar-refractivity contribution is 5.85. The number of aliphatic carboxylic acids is 1. The zero-order valence-electron chi connectivity index (χ0n) is 10.8. The Morgan fingerprint density at radius 1 is 1.30 bits per heavy atom. The zero-order chi connectivity index (χ0) is 14.5. The van der Waals surface area contributed by atoms with Gasteiger partial charge in [-0.05, 0) is 17.7 Å². The number of fused-ring (bicyclic) bond motifs is 1. The standard InChI is InChI=1S/C13H16N2O5/c14-9(6-12(16)17)13(18)15-7-8-1-2-10-11(5-8)20-4-3-19-10/h1-2,5,9H,3-4,6-7,14H2,(H,15,18)(H,16,17). The quantitative estimate of drug-likeness (QED) is 0.693. The van der Waals surface area contributed by atoms with E-state index in [0.717, 1.165) is 5.56 Å². The lowest BCUT2D eigenvalue weighted by Gasteiger charge is -2.19. The van der Waals surface area contributed by atoms with Crippen molar-refractivity contribution in [3.8, 4) is 11.5 Å². The van der Waals surface area contributed by atoms with E-state index in [0.29, 0.717) is 24.7 Å². The summed E-state index contributed by atoms with van der Waals surface area (Å²) in [5.74, 6) is -0.291. The van der Waals surface area contributed by atoms with Crippen LogP contribution in [0.2, 0.25) is 0 Å². The van der Waals surface area contributed by atoms with Gasteiger partial charge in [0.1, 0.15) is 13.2 Å². The summed E-state index contributed by atoms with van der Waals surface area (Å²) in [6, 6.07) is 4.30. The maximum absolute atomic E-state index is 11.6. The predicted octanol–water partition coefficient (Wildman–Crippen LogP) is -0.124. The van der Waals surface area contributed by atoms with E-state index in [1.54, 1.807) is 18.2 Å². The molecule has 1 heterocycles. The third kappa shape index (κ3) is 3.61. The van der Waals surface area contributed by atoms with Gasteiger partial charge in [0.15, 0.2) is 11.5 Å². The SMILES string of the molecule is NC(CC(=O)O)C(=O)NCc1ccc2c(c1)OCCO2. The maximum atomic E-state index is 11.6. The smallest absolute Gasteiger partial charge is 0.305 e. The Labute approximate surface area is 115 Å². The lowest BCUT2D eigenvalue weighted by atomic mass is 10.1. The number of carbonyl (C=O) groups excluding carboxylic acids is 1. The topological polar surface area (TPSA) is 111 Å². The molecule has 1 amide bonds. The average molecular weight is 280 g/mol. The summed E-state index contributed by atoms with van der Waals surface area (Å²) >= 11 is 0. The summed E-state index contributed by atoms with van der Waals surface area (Å²) in [7, 11) is 0. The fourth-order valence-corrected chi connectivity index (χ4v) is 1.80. The molecule has 1 aromatic rings. The highest BCUT2D eigenvalue weighted by atomic mass is 16.6. The summed E-state index contributed by atoms with van der Waals surface area (Å²) < 4.78 is 10.8. The number of hydrogen-bond acceptors (Lipinski definition) is 5. The van der Waals surface area contributed by atoms with Crippen molar-refractivity contribution >= 4 is 11.9 Å². The minimum atomic E-state index is -1.10. The molecule has 0 aliphatic carbocycles. The zero-order valence-corrected chi connectivity index (χ0v) is 10.8. The molecule has 7 nitrogen and oxygen atoms in total. The summed E-state index contributed by atoms with van der Waals surface area (Å²) in [4.78, 5) is 22.0. The van der Waals surface area contributed by atoms with Crippen LogP contribution >= 0.6 is 0 Å². The van der Waals surface area contributed by atoms with E-state index >= 15 is 0 Å². The van der Waals surface area contributed by atoms with Gasteiger partial charge in [-0.2, -0.15) is 0 Å². The molecule has 108 valence electrons. The molecule has 1 aliphatic rings. The second kappa shape index (κ2) is 6.25. The van der Waals surface area contributed by atoms with Crippen molar-refractivity contribution in [2.45, 2.75) is 19.0 Å². The molecule has 0 radical (unpaired) electrons. The van der Waals surface area contributed by atoms with Crippen molar-refractivity contribution in [3.05, 3.63) is 23.8 Å². The fourth-order valence-electron chi connectivity index (χ4n) is 1.80. The molecule has 1 atom stereocenters. The molecule has 2 rings (SSSR count). The first-order valence-electron chi connectivity index (χ1n) is 6.20. The third-order valence-electron chi connectivity index (χ3n) is 2.80. The summed E-state index contributed by atoms with van der Waals surface area (Å²) in [6.07, 6.45) is -0.396. The van der Waals surface area contributed by atoms with Crippen LogP contribution in [0.5, 0.6) is 11.5 Å². The lowest BCUT2D eigenvalue weighted by Crippen LogP contribution is -2.41. The van der Waals surface area contributed by atoms with Gasteiger partial charge in [-0.25, -0.2) is 0 Å². The number of nitrogens with one attached hydrogen (secondary N) is 1. The number of amides is 1. The van der Waals surface area contributed by atoms with Crippen molar-refractivity contribution < 1.29 is 24.2 Å². The molecular formula is C13H16N2O5. The van der Waals surface area contributed by atoms with E-state index < -0.39 is 24.3 Å². The molecule has 4 N–H and O–H groups in total. The van der Waals surface area contributed by atoms with Gasteiger partial charge in [0.05, 0.1) is 12.5 Å². The molecule has 1 aliphatic heterocycles. The van der Waals surface area contributed by atoms with Crippen molar-refractivity contribution in [2.75, 3.05) is 13.2 Å². The van der Waals surface area contributed by atoms with E-state index in [1.165, 1.54) is 0 Å². The number of ether oxygens (including phenoxy) is 2. The number of nitrogens with two attached hydrogens (primary N) is 1. The largest absolute Gasteiger partial charge is 0.486 e. The van der Waals surface area contributed by atoms with Crippen molar-refractivity contribution in [1.29, 1.82) is 0 Å². The Morgan fingerprint density at radius 3 is 2.70 bits per heavy atom. The monoisotopic (exact) mass is 280 g/mol. The van der Waals surface area contributed by atoms with Crippen LogP contribution < -0.4 is 20.5 Å². The van der Waals surface area contributed by atoms with Gasteiger partial charge in [-0.3, -0.25) is 9.59 Å². The van der Waals surface area contributed by atoms with Gasteiger partial charge in [0.25, 0.3) is 0 Å². The number of carboxylic acids is 1. The number of hydrogen-bond donors (Lipinski definition) is 3. The van der Waals surface area contributed by atoms with Crippen LogP contribution in [0.4, 0.5) is 0 Å². The van der Waals surface area contributed by atoms with Crippen LogP contribution in [-0.4, -0.2) is 36.2 Å². The van der Waals surface area contributed by atoms with E-state index in [2.05, 4.69) is 5.32 Å². The van der Waals surface area contributed by atoms with Gasteiger partial charge in [0.2, 0.25) is 5.91 Å². The number of rotatable bonds is 5.